The van der Waals surface area contributed by atoms with E-state index in [1.807, 2.05) is 26.1 Å². The van der Waals surface area contributed by atoms with Crippen LogP contribution >= 0.6 is 0 Å². The number of nitrogens with one attached hydrogen (secondary N) is 1. The summed E-state index contributed by atoms with van der Waals surface area (Å²) < 4.78 is 5.98. The van der Waals surface area contributed by atoms with Crippen LogP contribution in [0.15, 0.2) is 24.7 Å². The van der Waals surface area contributed by atoms with Gasteiger partial charge in [-0.3, -0.25) is 0 Å². The Hall–Kier alpha value is -2.28. The van der Waals surface area contributed by atoms with Crippen LogP contribution in [0.4, 0.5) is 0 Å². The number of carbonyl (C=O) groups is 1. The normalized spacial score (nSPS) is 12.2. The van der Waals surface area contributed by atoms with Crippen LogP contribution in [0.2, 0.25) is 0 Å². The molecule has 0 aromatic carbocycles. The third kappa shape index (κ3) is 2.76. The lowest BCUT2D eigenvalue weighted by molar-refractivity contribution is 0.0587. The first-order valence-electron chi connectivity index (χ1n) is 5.79. The molecule has 2 rings (SSSR count). The van der Waals surface area contributed by atoms with Crippen molar-refractivity contribution < 1.29 is 9.53 Å². The standard InChI is InChI=1S/C12H15N5O2/c1-8(13-2)9-4-5-10(14-6-9)17-7-15-11(16-17)12(18)19-3/h4-8,13H,1-3H3. The van der Waals surface area contributed by atoms with Gasteiger partial charge in [0.05, 0.1) is 7.11 Å². The summed E-state index contributed by atoms with van der Waals surface area (Å²) in [5.74, 6) is 0.0332. The zero-order valence-electron chi connectivity index (χ0n) is 11.0. The second-order valence-electron chi connectivity index (χ2n) is 3.96. The van der Waals surface area contributed by atoms with Crippen LogP contribution in [0.25, 0.3) is 5.82 Å². The number of carbonyl (C=O) groups excluding carboxylic acids is 1. The van der Waals surface area contributed by atoms with E-state index < -0.39 is 5.97 Å². The molecule has 0 fully saturated rings. The van der Waals surface area contributed by atoms with Gasteiger partial charge in [0.2, 0.25) is 0 Å². The number of hydrogen-bond acceptors (Lipinski definition) is 6. The molecule has 1 N–H and O–H groups in total. The third-order valence-electron chi connectivity index (χ3n) is 2.80. The molecule has 0 amide bonds. The fourth-order valence-electron chi connectivity index (χ4n) is 1.51. The maximum Gasteiger partial charge on any atom is 0.377 e. The first-order valence-corrected chi connectivity index (χ1v) is 5.79. The highest BCUT2D eigenvalue weighted by atomic mass is 16.5. The Morgan fingerprint density at radius 1 is 1.42 bits per heavy atom. The van der Waals surface area contributed by atoms with Gasteiger partial charge in [-0.2, -0.15) is 0 Å². The van der Waals surface area contributed by atoms with Gasteiger partial charge in [0.15, 0.2) is 5.82 Å². The minimum absolute atomic E-state index is 0.0111. The van der Waals surface area contributed by atoms with Gasteiger partial charge in [-0.15, -0.1) is 5.10 Å². The van der Waals surface area contributed by atoms with E-state index in [2.05, 4.69) is 25.1 Å². The summed E-state index contributed by atoms with van der Waals surface area (Å²) >= 11 is 0. The van der Waals surface area contributed by atoms with Crippen LogP contribution in [-0.4, -0.2) is 39.9 Å². The molecule has 0 aliphatic heterocycles. The molecule has 2 aromatic heterocycles. The summed E-state index contributed by atoms with van der Waals surface area (Å²) in [6.45, 7) is 2.04. The van der Waals surface area contributed by atoms with E-state index in [0.29, 0.717) is 5.82 Å². The van der Waals surface area contributed by atoms with Crippen LogP contribution < -0.4 is 5.32 Å². The molecule has 0 spiro atoms. The van der Waals surface area contributed by atoms with E-state index in [0.717, 1.165) is 5.56 Å². The first-order chi connectivity index (χ1) is 9.15. The molecule has 0 aliphatic rings. The smallest absolute Gasteiger partial charge is 0.377 e. The van der Waals surface area contributed by atoms with Crippen molar-refractivity contribution in [3.63, 3.8) is 0 Å². The van der Waals surface area contributed by atoms with E-state index in [1.165, 1.54) is 18.1 Å². The molecular formula is C12H15N5O2. The highest BCUT2D eigenvalue weighted by molar-refractivity contribution is 5.84. The molecule has 0 aliphatic carbocycles. The van der Waals surface area contributed by atoms with Crippen molar-refractivity contribution in [2.45, 2.75) is 13.0 Å². The quantitative estimate of drug-likeness (QED) is 0.817. The molecule has 2 aromatic rings. The van der Waals surface area contributed by atoms with Crippen molar-refractivity contribution in [2.24, 2.45) is 0 Å². The van der Waals surface area contributed by atoms with Gasteiger partial charge in [-0.1, -0.05) is 6.07 Å². The van der Waals surface area contributed by atoms with Crippen molar-refractivity contribution >= 4 is 5.97 Å². The molecular weight excluding hydrogens is 246 g/mol. The number of rotatable bonds is 4. The number of hydrogen-bond donors (Lipinski definition) is 1. The molecule has 1 atom stereocenters. The number of nitrogens with zero attached hydrogens (tertiary/aromatic N) is 4. The van der Waals surface area contributed by atoms with E-state index in [-0.39, 0.29) is 11.9 Å². The Morgan fingerprint density at radius 2 is 2.21 bits per heavy atom. The summed E-state index contributed by atoms with van der Waals surface area (Å²) in [6.07, 6.45) is 3.19. The minimum Gasteiger partial charge on any atom is -0.463 e. The highest BCUT2D eigenvalue weighted by Gasteiger charge is 2.12. The third-order valence-corrected chi connectivity index (χ3v) is 2.80. The van der Waals surface area contributed by atoms with Crippen molar-refractivity contribution in [3.8, 4) is 5.82 Å². The van der Waals surface area contributed by atoms with Gasteiger partial charge >= 0.3 is 5.97 Å². The van der Waals surface area contributed by atoms with Crippen molar-refractivity contribution in [2.75, 3.05) is 14.2 Å². The Bertz CT molecular complexity index is 564. The van der Waals surface area contributed by atoms with E-state index in [1.54, 1.807) is 6.20 Å². The molecule has 2 heterocycles. The second kappa shape index (κ2) is 5.57. The molecule has 7 nitrogen and oxygen atoms in total. The van der Waals surface area contributed by atoms with Gasteiger partial charge in [0.1, 0.15) is 6.33 Å². The predicted octanol–water partition coefficient (Wildman–Crippen LogP) is 0.729. The zero-order valence-corrected chi connectivity index (χ0v) is 11.0. The van der Waals surface area contributed by atoms with Crippen molar-refractivity contribution in [3.05, 3.63) is 36.0 Å². The number of methoxy groups -OCH3 is 1. The fourth-order valence-corrected chi connectivity index (χ4v) is 1.51. The summed E-state index contributed by atoms with van der Waals surface area (Å²) in [6, 6.07) is 3.99. The van der Waals surface area contributed by atoms with E-state index in [4.69, 9.17) is 0 Å². The summed E-state index contributed by atoms with van der Waals surface area (Å²) in [5.41, 5.74) is 1.07. The Kier molecular flexibility index (Phi) is 3.86. The Balaban J connectivity index is 2.22. The van der Waals surface area contributed by atoms with Gasteiger partial charge in [0, 0.05) is 12.2 Å². The molecule has 0 saturated heterocycles. The average Bonchev–Trinajstić information content (AvgIpc) is 2.95. The number of pyridine rings is 1. The summed E-state index contributed by atoms with van der Waals surface area (Å²) in [5, 5.41) is 7.13. The molecule has 7 heteroatoms. The topological polar surface area (TPSA) is 81.9 Å². The molecule has 0 bridgehead atoms. The lowest BCUT2D eigenvalue weighted by Crippen LogP contribution is -2.13. The number of esters is 1. The predicted molar refractivity (Wildman–Crippen MR) is 68.0 cm³/mol. The fraction of sp³-hybridized carbons (Fsp3) is 0.333. The van der Waals surface area contributed by atoms with Crippen molar-refractivity contribution in [1.29, 1.82) is 0 Å². The maximum atomic E-state index is 11.3. The SMILES string of the molecule is CNC(C)c1ccc(-n2cnc(C(=O)OC)n2)nc1. The highest BCUT2D eigenvalue weighted by Crippen LogP contribution is 2.12. The van der Waals surface area contributed by atoms with Crippen LogP contribution in [-0.2, 0) is 4.74 Å². The second-order valence-corrected chi connectivity index (χ2v) is 3.96. The minimum atomic E-state index is -0.570. The summed E-state index contributed by atoms with van der Waals surface area (Å²) in [7, 11) is 3.17. The lowest BCUT2D eigenvalue weighted by Gasteiger charge is -2.10. The molecule has 0 saturated carbocycles. The lowest BCUT2D eigenvalue weighted by atomic mass is 10.1. The van der Waals surface area contributed by atoms with Crippen LogP contribution in [0, 0.1) is 0 Å². The van der Waals surface area contributed by atoms with Gasteiger partial charge in [-0.05, 0) is 25.6 Å². The van der Waals surface area contributed by atoms with Gasteiger partial charge < -0.3 is 10.1 Å². The van der Waals surface area contributed by atoms with E-state index in [9.17, 15) is 4.79 Å². The van der Waals surface area contributed by atoms with Crippen LogP contribution in [0.3, 0.4) is 0 Å². The molecule has 100 valence electrons. The van der Waals surface area contributed by atoms with Gasteiger partial charge in [-0.25, -0.2) is 19.4 Å². The zero-order chi connectivity index (χ0) is 13.8. The van der Waals surface area contributed by atoms with Crippen molar-refractivity contribution in [1.82, 2.24) is 25.1 Å². The number of ether oxygens (including phenoxy) is 1. The molecule has 1 unspecified atom stereocenters. The van der Waals surface area contributed by atoms with Gasteiger partial charge in [0.25, 0.3) is 5.82 Å². The van der Waals surface area contributed by atoms with Crippen LogP contribution in [0.5, 0.6) is 0 Å². The van der Waals surface area contributed by atoms with Crippen LogP contribution in [0.1, 0.15) is 29.1 Å². The maximum absolute atomic E-state index is 11.3. The monoisotopic (exact) mass is 261 g/mol. The largest absolute Gasteiger partial charge is 0.463 e. The first kappa shape index (κ1) is 13.2. The Morgan fingerprint density at radius 3 is 2.79 bits per heavy atom. The van der Waals surface area contributed by atoms with E-state index >= 15 is 0 Å². The number of aromatic nitrogens is 4. The average molecular weight is 261 g/mol. The summed E-state index contributed by atoms with van der Waals surface area (Å²) in [4.78, 5) is 19.4. The molecule has 0 radical (unpaired) electrons. The Labute approximate surface area is 110 Å². The molecule has 19 heavy (non-hydrogen) atoms.